The molecule has 1 aromatic carbocycles. The Hall–Kier alpha value is -0.860. The van der Waals surface area contributed by atoms with Crippen molar-refractivity contribution in [3.05, 3.63) is 34.9 Å². The Kier molecular flexibility index (Phi) is 5.00. The van der Waals surface area contributed by atoms with Crippen LogP contribution in [-0.4, -0.2) is 24.5 Å². The van der Waals surface area contributed by atoms with E-state index in [1.54, 1.807) is 0 Å². The Morgan fingerprint density at radius 2 is 1.89 bits per heavy atom. The highest BCUT2D eigenvalue weighted by atomic mass is 15.2. The Morgan fingerprint density at radius 1 is 1.21 bits per heavy atom. The van der Waals surface area contributed by atoms with Crippen LogP contribution in [0.25, 0.3) is 0 Å². The molecule has 0 spiro atoms. The van der Waals surface area contributed by atoms with Gasteiger partial charge in [-0.05, 0) is 82.3 Å². The first-order valence-electron chi connectivity index (χ1n) is 7.63. The fraction of sp³-hybridized carbons (Fsp3) is 0.647. The molecule has 1 heterocycles. The van der Waals surface area contributed by atoms with Crippen molar-refractivity contribution in [2.75, 3.05) is 19.6 Å². The van der Waals surface area contributed by atoms with Gasteiger partial charge in [0.05, 0.1) is 0 Å². The van der Waals surface area contributed by atoms with Crippen molar-refractivity contribution in [2.24, 2.45) is 11.7 Å². The fourth-order valence-electron chi connectivity index (χ4n) is 3.10. The van der Waals surface area contributed by atoms with E-state index in [1.165, 1.54) is 49.0 Å². The fourth-order valence-corrected chi connectivity index (χ4v) is 3.10. The zero-order valence-corrected chi connectivity index (χ0v) is 12.7. The second kappa shape index (κ2) is 6.53. The summed E-state index contributed by atoms with van der Waals surface area (Å²) in [5.41, 5.74) is 9.91. The topological polar surface area (TPSA) is 29.3 Å². The molecular formula is C17H28N2. The zero-order valence-electron chi connectivity index (χ0n) is 12.7. The molecule has 1 aliphatic heterocycles. The van der Waals surface area contributed by atoms with E-state index in [0.717, 1.165) is 12.5 Å². The van der Waals surface area contributed by atoms with Crippen molar-refractivity contribution in [1.82, 2.24) is 4.90 Å². The third-order valence-electron chi connectivity index (χ3n) is 4.79. The average molecular weight is 260 g/mol. The van der Waals surface area contributed by atoms with Gasteiger partial charge in [-0.3, -0.25) is 4.90 Å². The molecule has 1 atom stereocenters. The van der Waals surface area contributed by atoms with Crippen molar-refractivity contribution < 1.29 is 0 Å². The molecular weight excluding hydrogens is 232 g/mol. The molecule has 0 radical (unpaired) electrons. The van der Waals surface area contributed by atoms with Crippen LogP contribution in [0.2, 0.25) is 0 Å². The van der Waals surface area contributed by atoms with Crippen LogP contribution in [0.5, 0.6) is 0 Å². The molecule has 1 unspecified atom stereocenters. The number of aryl methyl sites for hydroxylation is 2. The number of benzene rings is 1. The normalized spacial score (nSPS) is 19.6. The number of likely N-dealkylation sites (tertiary alicyclic amines) is 1. The smallest absolute Gasteiger partial charge is 0.0319 e. The van der Waals surface area contributed by atoms with E-state index in [4.69, 9.17) is 5.73 Å². The van der Waals surface area contributed by atoms with Gasteiger partial charge in [-0.2, -0.15) is 0 Å². The number of hydrogen-bond donors (Lipinski definition) is 1. The standard InChI is InChI=1S/C17H28N2/c1-13-4-5-17(12-14(13)2)15(3)19-10-7-16(6-9-18)8-11-19/h4-5,12,15-16H,6-11,18H2,1-3H3. The lowest BCUT2D eigenvalue weighted by Gasteiger charge is -2.36. The summed E-state index contributed by atoms with van der Waals surface area (Å²) in [4.78, 5) is 2.62. The first-order chi connectivity index (χ1) is 9.11. The Labute approximate surface area is 118 Å². The van der Waals surface area contributed by atoms with Crippen molar-refractivity contribution in [3.63, 3.8) is 0 Å². The Morgan fingerprint density at radius 3 is 2.47 bits per heavy atom. The molecule has 19 heavy (non-hydrogen) atoms. The van der Waals surface area contributed by atoms with Gasteiger partial charge in [0, 0.05) is 6.04 Å². The maximum atomic E-state index is 5.66. The Bertz CT molecular complexity index is 406. The molecule has 2 nitrogen and oxygen atoms in total. The number of rotatable bonds is 4. The molecule has 1 aromatic rings. The molecule has 1 fully saturated rings. The molecule has 0 aromatic heterocycles. The SMILES string of the molecule is Cc1ccc(C(C)N2CCC(CCN)CC2)cc1C. The van der Waals surface area contributed by atoms with Crippen LogP contribution in [0.4, 0.5) is 0 Å². The quantitative estimate of drug-likeness (QED) is 0.898. The summed E-state index contributed by atoms with van der Waals surface area (Å²) in [5, 5.41) is 0. The summed E-state index contributed by atoms with van der Waals surface area (Å²) >= 11 is 0. The third-order valence-corrected chi connectivity index (χ3v) is 4.79. The predicted octanol–water partition coefficient (Wildman–Crippen LogP) is 3.43. The van der Waals surface area contributed by atoms with E-state index in [2.05, 4.69) is 43.9 Å². The summed E-state index contributed by atoms with van der Waals surface area (Å²) in [6.45, 7) is 10.0. The van der Waals surface area contributed by atoms with Gasteiger partial charge in [0.15, 0.2) is 0 Å². The summed E-state index contributed by atoms with van der Waals surface area (Å²) < 4.78 is 0. The van der Waals surface area contributed by atoms with E-state index in [-0.39, 0.29) is 0 Å². The second-order valence-corrected chi connectivity index (χ2v) is 6.08. The van der Waals surface area contributed by atoms with E-state index >= 15 is 0 Å². The summed E-state index contributed by atoms with van der Waals surface area (Å²) in [5.74, 6) is 0.855. The highest BCUT2D eigenvalue weighted by Crippen LogP contribution is 2.28. The van der Waals surface area contributed by atoms with Gasteiger partial charge in [-0.25, -0.2) is 0 Å². The molecule has 106 valence electrons. The molecule has 2 heteroatoms. The van der Waals surface area contributed by atoms with Gasteiger partial charge in [0.2, 0.25) is 0 Å². The highest BCUT2D eigenvalue weighted by molar-refractivity contribution is 5.31. The second-order valence-electron chi connectivity index (χ2n) is 6.08. The van der Waals surface area contributed by atoms with Gasteiger partial charge in [-0.15, -0.1) is 0 Å². The summed E-state index contributed by atoms with van der Waals surface area (Å²) in [7, 11) is 0. The van der Waals surface area contributed by atoms with E-state index in [9.17, 15) is 0 Å². The molecule has 1 saturated heterocycles. The van der Waals surface area contributed by atoms with Crippen LogP contribution in [0.1, 0.15) is 48.9 Å². The lowest BCUT2D eigenvalue weighted by atomic mass is 9.91. The third kappa shape index (κ3) is 3.58. The molecule has 0 aliphatic carbocycles. The molecule has 0 amide bonds. The van der Waals surface area contributed by atoms with Gasteiger partial charge in [0.1, 0.15) is 0 Å². The average Bonchev–Trinajstić information content (AvgIpc) is 2.42. The van der Waals surface area contributed by atoms with Crippen LogP contribution in [0, 0.1) is 19.8 Å². The minimum atomic E-state index is 0.540. The maximum absolute atomic E-state index is 5.66. The highest BCUT2D eigenvalue weighted by Gasteiger charge is 2.23. The lowest BCUT2D eigenvalue weighted by molar-refractivity contribution is 0.138. The summed E-state index contributed by atoms with van der Waals surface area (Å²) in [6, 6.07) is 7.44. The van der Waals surface area contributed by atoms with Crippen LogP contribution in [-0.2, 0) is 0 Å². The van der Waals surface area contributed by atoms with E-state index in [0.29, 0.717) is 6.04 Å². The van der Waals surface area contributed by atoms with Gasteiger partial charge in [-0.1, -0.05) is 18.2 Å². The van der Waals surface area contributed by atoms with E-state index in [1.807, 2.05) is 0 Å². The molecule has 0 bridgehead atoms. The van der Waals surface area contributed by atoms with Crippen molar-refractivity contribution >= 4 is 0 Å². The summed E-state index contributed by atoms with van der Waals surface area (Å²) in [6.07, 6.45) is 3.82. The number of nitrogens with two attached hydrogens (primary N) is 1. The van der Waals surface area contributed by atoms with Crippen LogP contribution >= 0.6 is 0 Å². The molecule has 0 saturated carbocycles. The first-order valence-corrected chi connectivity index (χ1v) is 7.63. The van der Waals surface area contributed by atoms with Crippen molar-refractivity contribution in [3.8, 4) is 0 Å². The maximum Gasteiger partial charge on any atom is 0.0319 e. The number of nitrogens with zero attached hydrogens (tertiary/aromatic N) is 1. The van der Waals surface area contributed by atoms with Crippen LogP contribution in [0.3, 0.4) is 0 Å². The van der Waals surface area contributed by atoms with Crippen molar-refractivity contribution in [1.29, 1.82) is 0 Å². The van der Waals surface area contributed by atoms with Crippen molar-refractivity contribution in [2.45, 2.75) is 46.1 Å². The predicted molar refractivity (Wildman–Crippen MR) is 82.3 cm³/mol. The van der Waals surface area contributed by atoms with Gasteiger partial charge >= 0.3 is 0 Å². The van der Waals surface area contributed by atoms with Crippen LogP contribution in [0.15, 0.2) is 18.2 Å². The Balaban J connectivity index is 1.97. The van der Waals surface area contributed by atoms with Crippen LogP contribution < -0.4 is 5.73 Å². The van der Waals surface area contributed by atoms with Gasteiger partial charge < -0.3 is 5.73 Å². The number of piperidine rings is 1. The number of hydrogen-bond acceptors (Lipinski definition) is 2. The minimum Gasteiger partial charge on any atom is -0.330 e. The molecule has 1 aliphatic rings. The zero-order chi connectivity index (χ0) is 13.8. The van der Waals surface area contributed by atoms with E-state index < -0.39 is 0 Å². The molecule has 2 N–H and O–H groups in total. The largest absolute Gasteiger partial charge is 0.330 e. The van der Waals surface area contributed by atoms with Gasteiger partial charge in [0.25, 0.3) is 0 Å². The lowest BCUT2D eigenvalue weighted by Crippen LogP contribution is -2.36. The molecule has 2 rings (SSSR count). The minimum absolute atomic E-state index is 0.540. The first kappa shape index (κ1) is 14.5. The monoisotopic (exact) mass is 260 g/mol.